The van der Waals surface area contributed by atoms with Crippen LogP contribution >= 0.6 is 23.2 Å². The molecule has 0 saturated heterocycles. The van der Waals surface area contributed by atoms with Crippen molar-refractivity contribution in [1.82, 2.24) is 0 Å². The fraction of sp³-hybridized carbons (Fsp3) is 0. The van der Waals surface area contributed by atoms with E-state index < -0.39 is 0 Å². The van der Waals surface area contributed by atoms with Crippen molar-refractivity contribution in [3.05, 3.63) is 47.5 Å². The second-order valence-electron chi connectivity index (χ2n) is 1.41. The van der Waals surface area contributed by atoms with E-state index in [2.05, 4.69) is 13.2 Å². The lowest BCUT2D eigenvalue weighted by atomic mass is 10.4. The van der Waals surface area contributed by atoms with Crippen LogP contribution in [-0.2, 0) is 0 Å². The first-order valence-electron chi connectivity index (χ1n) is 2.71. The van der Waals surface area contributed by atoms with Gasteiger partial charge in [0.1, 0.15) is 0 Å². The van der Waals surface area contributed by atoms with Gasteiger partial charge in [-0.1, -0.05) is 35.3 Å². The lowest BCUT2D eigenvalue weighted by Gasteiger charge is -1.88. The minimum absolute atomic E-state index is 0.606. The quantitative estimate of drug-likeness (QED) is 0.526. The maximum absolute atomic E-state index is 5.58. The maximum Gasteiger partial charge on any atom is 0.0592 e. The van der Waals surface area contributed by atoms with Crippen LogP contribution in [0.25, 0.3) is 0 Å². The summed E-state index contributed by atoms with van der Waals surface area (Å²) in [5.41, 5.74) is 0. The van der Waals surface area contributed by atoms with E-state index >= 15 is 0 Å². The SMILES string of the molecule is C=C.Clc1ccccc1Cl. The third-order valence-electron chi connectivity index (χ3n) is 0.824. The summed E-state index contributed by atoms with van der Waals surface area (Å²) in [5, 5.41) is 1.21. The zero-order chi connectivity index (χ0) is 7.98. The molecule has 1 aromatic carbocycles. The van der Waals surface area contributed by atoms with Gasteiger partial charge in [0.25, 0.3) is 0 Å². The molecule has 0 atom stereocenters. The van der Waals surface area contributed by atoms with Crippen molar-refractivity contribution in [2.75, 3.05) is 0 Å². The van der Waals surface area contributed by atoms with Gasteiger partial charge in [-0.3, -0.25) is 0 Å². The molecule has 1 rings (SSSR count). The Morgan fingerprint density at radius 2 is 1.20 bits per heavy atom. The van der Waals surface area contributed by atoms with E-state index in [1.54, 1.807) is 12.1 Å². The molecule has 0 bridgehead atoms. The smallest absolute Gasteiger partial charge is 0.0592 e. The highest BCUT2D eigenvalue weighted by Crippen LogP contribution is 2.19. The standard InChI is InChI=1S/C6H4Cl2.C2H4/c7-5-3-1-2-4-6(5)8;1-2/h1-4H;1-2H2. The van der Waals surface area contributed by atoms with E-state index in [9.17, 15) is 0 Å². The first kappa shape index (κ1) is 9.54. The van der Waals surface area contributed by atoms with Crippen molar-refractivity contribution in [1.29, 1.82) is 0 Å². The fourth-order valence-corrected chi connectivity index (χ4v) is 0.711. The molecule has 0 unspecified atom stereocenters. The van der Waals surface area contributed by atoms with Crippen LogP contribution in [-0.4, -0.2) is 0 Å². The van der Waals surface area contributed by atoms with E-state index in [0.717, 1.165) is 0 Å². The summed E-state index contributed by atoms with van der Waals surface area (Å²) in [4.78, 5) is 0. The zero-order valence-corrected chi connectivity index (χ0v) is 6.99. The van der Waals surface area contributed by atoms with Gasteiger partial charge in [-0.15, -0.1) is 13.2 Å². The van der Waals surface area contributed by atoms with Crippen LogP contribution in [0.2, 0.25) is 10.0 Å². The molecule has 0 spiro atoms. The van der Waals surface area contributed by atoms with Gasteiger partial charge >= 0.3 is 0 Å². The molecule has 0 aromatic heterocycles. The second kappa shape index (κ2) is 5.33. The number of halogens is 2. The molecule has 54 valence electrons. The van der Waals surface area contributed by atoms with Gasteiger partial charge in [0.15, 0.2) is 0 Å². The maximum atomic E-state index is 5.58. The predicted molar refractivity (Wildman–Crippen MR) is 47.7 cm³/mol. The van der Waals surface area contributed by atoms with Crippen LogP contribution in [0, 0.1) is 0 Å². The van der Waals surface area contributed by atoms with Crippen molar-refractivity contribution in [3.63, 3.8) is 0 Å². The van der Waals surface area contributed by atoms with Crippen LogP contribution in [0.4, 0.5) is 0 Å². The molecule has 0 heterocycles. The largest absolute Gasteiger partial charge is 0.106 e. The molecular weight excluding hydrogens is 167 g/mol. The Morgan fingerprint density at radius 1 is 0.900 bits per heavy atom. The minimum atomic E-state index is 0.606. The summed E-state index contributed by atoms with van der Waals surface area (Å²) in [6.07, 6.45) is 0. The lowest BCUT2D eigenvalue weighted by molar-refractivity contribution is 1.71. The van der Waals surface area contributed by atoms with E-state index in [4.69, 9.17) is 23.2 Å². The molecule has 0 amide bonds. The van der Waals surface area contributed by atoms with Gasteiger partial charge in [0.05, 0.1) is 10.0 Å². The number of rotatable bonds is 0. The summed E-state index contributed by atoms with van der Waals surface area (Å²) >= 11 is 11.2. The molecule has 0 radical (unpaired) electrons. The Morgan fingerprint density at radius 3 is 1.40 bits per heavy atom. The van der Waals surface area contributed by atoms with E-state index in [1.165, 1.54) is 0 Å². The molecule has 0 aliphatic carbocycles. The Balaban J connectivity index is 0.000000371. The summed E-state index contributed by atoms with van der Waals surface area (Å²) in [6, 6.07) is 7.19. The highest BCUT2D eigenvalue weighted by atomic mass is 35.5. The van der Waals surface area contributed by atoms with Crippen molar-refractivity contribution in [2.45, 2.75) is 0 Å². The Labute approximate surface area is 71.1 Å². The molecule has 0 aliphatic rings. The number of hydrogen-bond acceptors (Lipinski definition) is 0. The molecule has 0 N–H and O–H groups in total. The van der Waals surface area contributed by atoms with E-state index in [1.807, 2.05) is 12.1 Å². The topological polar surface area (TPSA) is 0 Å². The van der Waals surface area contributed by atoms with Gasteiger partial charge in [0.2, 0.25) is 0 Å². The molecule has 2 heteroatoms. The first-order valence-corrected chi connectivity index (χ1v) is 3.46. The van der Waals surface area contributed by atoms with Crippen LogP contribution in [0.15, 0.2) is 37.4 Å². The first-order chi connectivity index (χ1) is 4.80. The monoisotopic (exact) mass is 174 g/mol. The van der Waals surface area contributed by atoms with Crippen LogP contribution < -0.4 is 0 Å². The summed E-state index contributed by atoms with van der Waals surface area (Å²) in [5.74, 6) is 0. The van der Waals surface area contributed by atoms with Gasteiger partial charge in [-0.05, 0) is 12.1 Å². The van der Waals surface area contributed by atoms with Gasteiger partial charge in [0, 0.05) is 0 Å². The third-order valence-corrected chi connectivity index (χ3v) is 1.58. The fourth-order valence-electron chi connectivity index (χ4n) is 0.439. The average molecular weight is 175 g/mol. The van der Waals surface area contributed by atoms with Crippen molar-refractivity contribution >= 4 is 23.2 Å². The van der Waals surface area contributed by atoms with Crippen LogP contribution in [0.3, 0.4) is 0 Å². The molecule has 0 aliphatic heterocycles. The zero-order valence-electron chi connectivity index (χ0n) is 5.48. The highest BCUT2D eigenvalue weighted by Gasteiger charge is 1.89. The molecule has 10 heavy (non-hydrogen) atoms. The Bertz CT molecular complexity index is 175. The number of benzene rings is 1. The normalized spacial score (nSPS) is 7.80. The minimum Gasteiger partial charge on any atom is -0.106 e. The van der Waals surface area contributed by atoms with Gasteiger partial charge in [-0.2, -0.15) is 0 Å². The molecule has 1 aromatic rings. The molecule has 0 fully saturated rings. The summed E-state index contributed by atoms with van der Waals surface area (Å²) in [7, 11) is 0. The second-order valence-corrected chi connectivity index (χ2v) is 2.23. The summed E-state index contributed by atoms with van der Waals surface area (Å²) < 4.78 is 0. The van der Waals surface area contributed by atoms with Crippen molar-refractivity contribution < 1.29 is 0 Å². The Hall–Kier alpha value is -0.460. The predicted octanol–water partition coefficient (Wildman–Crippen LogP) is 3.80. The summed E-state index contributed by atoms with van der Waals surface area (Å²) in [6.45, 7) is 6.00. The van der Waals surface area contributed by atoms with E-state index in [-0.39, 0.29) is 0 Å². The third kappa shape index (κ3) is 2.90. The highest BCUT2D eigenvalue weighted by molar-refractivity contribution is 6.41. The molecule has 0 saturated carbocycles. The molecular formula is C8H8Cl2. The number of hydrogen-bond donors (Lipinski definition) is 0. The lowest BCUT2D eigenvalue weighted by Crippen LogP contribution is -1.62. The van der Waals surface area contributed by atoms with Crippen molar-refractivity contribution in [2.24, 2.45) is 0 Å². The van der Waals surface area contributed by atoms with Crippen LogP contribution in [0.5, 0.6) is 0 Å². The van der Waals surface area contributed by atoms with Gasteiger partial charge < -0.3 is 0 Å². The van der Waals surface area contributed by atoms with Crippen molar-refractivity contribution in [3.8, 4) is 0 Å². The average Bonchev–Trinajstić information content (AvgIpc) is 2.00. The van der Waals surface area contributed by atoms with E-state index in [0.29, 0.717) is 10.0 Å². The molecule has 0 nitrogen and oxygen atoms in total. The van der Waals surface area contributed by atoms with Crippen LogP contribution in [0.1, 0.15) is 0 Å². The Kier molecular flexibility index (Phi) is 5.09. The van der Waals surface area contributed by atoms with Gasteiger partial charge in [-0.25, -0.2) is 0 Å².